The van der Waals surface area contributed by atoms with Gasteiger partial charge in [-0.05, 0) is 74.2 Å². The van der Waals surface area contributed by atoms with Crippen molar-refractivity contribution in [2.75, 3.05) is 8.61 Å². The Bertz CT molecular complexity index is 1790. The lowest BCUT2D eigenvalue weighted by atomic mass is 9.70. The second-order valence-electron chi connectivity index (χ2n) is 10.5. The lowest BCUT2D eigenvalue weighted by Gasteiger charge is -2.45. The monoisotopic (exact) mass is 586 g/mol. The lowest BCUT2D eigenvalue weighted by Crippen LogP contribution is -2.62. The molecule has 0 fully saturated rings. The summed E-state index contributed by atoms with van der Waals surface area (Å²) in [5.41, 5.74) is 0.833. The smallest absolute Gasteiger partial charge is 0.270 e. The van der Waals surface area contributed by atoms with Crippen molar-refractivity contribution < 1.29 is 26.4 Å². The highest BCUT2D eigenvalue weighted by molar-refractivity contribution is 7.94. The second-order valence-corrected chi connectivity index (χ2v) is 14.0. The molecule has 2 aliphatic heterocycles. The first kappa shape index (κ1) is 26.9. The number of nitrogens with zero attached hydrogens (tertiary/aromatic N) is 2. The summed E-state index contributed by atoms with van der Waals surface area (Å²) in [4.78, 5) is 28.8. The van der Waals surface area contributed by atoms with Gasteiger partial charge in [0.15, 0.2) is 0 Å². The van der Waals surface area contributed by atoms with Gasteiger partial charge in [-0.3, -0.25) is 9.59 Å². The number of para-hydroxylation sites is 2. The van der Waals surface area contributed by atoms with Gasteiger partial charge < -0.3 is 0 Å². The van der Waals surface area contributed by atoms with Crippen LogP contribution in [0.3, 0.4) is 0 Å². The van der Waals surface area contributed by atoms with E-state index in [4.69, 9.17) is 0 Å². The van der Waals surface area contributed by atoms with Gasteiger partial charge in [-0.15, -0.1) is 0 Å². The van der Waals surface area contributed by atoms with E-state index in [-0.39, 0.29) is 34.0 Å². The maximum atomic E-state index is 14.5. The Hall–Kier alpha value is -4.28. The first-order valence-electron chi connectivity index (χ1n) is 13.0. The molecule has 6 rings (SSSR count). The molecule has 0 atom stereocenters. The minimum Gasteiger partial charge on any atom is -0.272 e. The lowest BCUT2D eigenvalue weighted by molar-refractivity contribution is -0.139. The van der Waals surface area contributed by atoms with Crippen molar-refractivity contribution in [1.29, 1.82) is 0 Å². The van der Waals surface area contributed by atoms with E-state index >= 15 is 0 Å². The van der Waals surface area contributed by atoms with E-state index < -0.39 is 37.3 Å². The van der Waals surface area contributed by atoms with E-state index in [2.05, 4.69) is 0 Å². The number of aryl methyl sites for hydroxylation is 2. The van der Waals surface area contributed by atoms with Crippen LogP contribution in [-0.2, 0) is 42.5 Å². The van der Waals surface area contributed by atoms with Crippen molar-refractivity contribution in [3.05, 3.63) is 119 Å². The molecule has 2 heterocycles. The van der Waals surface area contributed by atoms with Crippen LogP contribution < -0.4 is 8.61 Å². The van der Waals surface area contributed by atoms with Gasteiger partial charge in [-0.25, -0.2) is 25.4 Å². The topological polar surface area (TPSA) is 109 Å². The van der Waals surface area contributed by atoms with Crippen molar-refractivity contribution in [3.8, 4) is 0 Å². The molecular formula is C31H26N2O6S2. The van der Waals surface area contributed by atoms with Gasteiger partial charge in [-0.2, -0.15) is 0 Å². The standard InChI is InChI=1S/C31H26N2O6S2/c1-21-11-15-25(16-12-21)40(36,37)32-27-9-5-3-7-23(27)19-31(29(32)34)20-24-8-4-6-10-28(24)33(30(31)35)41(38,39)26-17-13-22(2)14-18-26/h3-18H,19-20H2,1-2H3. The molecule has 8 nitrogen and oxygen atoms in total. The number of hydrogen-bond acceptors (Lipinski definition) is 6. The molecule has 2 aliphatic rings. The van der Waals surface area contributed by atoms with Crippen LogP contribution in [-0.4, -0.2) is 28.6 Å². The van der Waals surface area contributed by atoms with Crippen molar-refractivity contribution in [3.63, 3.8) is 0 Å². The third-order valence-electron chi connectivity index (χ3n) is 7.71. The number of carbonyl (C=O) groups is 2. The van der Waals surface area contributed by atoms with E-state index in [0.717, 1.165) is 11.1 Å². The quantitative estimate of drug-likeness (QED) is 0.325. The van der Waals surface area contributed by atoms with Gasteiger partial charge in [0.2, 0.25) is 0 Å². The van der Waals surface area contributed by atoms with E-state index in [1.54, 1.807) is 60.7 Å². The van der Waals surface area contributed by atoms with Crippen molar-refractivity contribution in [2.24, 2.45) is 5.41 Å². The van der Waals surface area contributed by atoms with Crippen LogP contribution in [0.25, 0.3) is 0 Å². The fraction of sp³-hybridized carbons (Fsp3) is 0.161. The van der Waals surface area contributed by atoms with Crippen LogP contribution in [0.4, 0.5) is 11.4 Å². The molecule has 0 bridgehead atoms. The van der Waals surface area contributed by atoms with Gasteiger partial charge in [0.25, 0.3) is 31.9 Å². The number of fused-ring (bicyclic) bond motifs is 2. The van der Waals surface area contributed by atoms with E-state index in [9.17, 15) is 26.4 Å². The van der Waals surface area contributed by atoms with Crippen molar-refractivity contribution in [2.45, 2.75) is 36.5 Å². The Balaban J connectivity index is 1.57. The molecule has 41 heavy (non-hydrogen) atoms. The molecule has 0 aromatic heterocycles. The fourth-order valence-corrected chi connectivity index (χ4v) is 8.58. The number of carbonyl (C=O) groups excluding carboxylic acids is 2. The van der Waals surface area contributed by atoms with E-state index in [0.29, 0.717) is 19.7 Å². The first-order valence-corrected chi connectivity index (χ1v) is 15.8. The van der Waals surface area contributed by atoms with Gasteiger partial charge in [-0.1, -0.05) is 71.8 Å². The van der Waals surface area contributed by atoms with Crippen LogP contribution in [0.15, 0.2) is 107 Å². The van der Waals surface area contributed by atoms with Crippen LogP contribution in [0.1, 0.15) is 22.3 Å². The minimum atomic E-state index is -4.46. The van der Waals surface area contributed by atoms with Gasteiger partial charge >= 0.3 is 0 Å². The molecule has 0 saturated heterocycles. The van der Waals surface area contributed by atoms with E-state index in [1.165, 1.54) is 36.4 Å². The molecule has 4 aromatic carbocycles. The predicted octanol–water partition coefficient (Wildman–Crippen LogP) is 4.55. The molecule has 10 heteroatoms. The minimum absolute atomic E-state index is 0.115. The summed E-state index contributed by atoms with van der Waals surface area (Å²) < 4.78 is 57.5. The molecular weight excluding hydrogens is 560 g/mol. The number of anilines is 2. The molecule has 0 aliphatic carbocycles. The average molecular weight is 587 g/mol. The van der Waals surface area contributed by atoms with Crippen LogP contribution >= 0.6 is 0 Å². The summed E-state index contributed by atoms with van der Waals surface area (Å²) in [6.07, 6.45) is -0.315. The van der Waals surface area contributed by atoms with Crippen LogP contribution in [0.5, 0.6) is 0 Å². The van der Waals surface area contributed by atoms with Crippen molar-refractivity contribution >= 4 is 43.2 Å². The number of sulfonamides is 2. The van der Waals surface area contributed by atoms with Crippen LogP contribution in [0, 0.1) is 19.3 Å². The molecule has 0 saturated carbocycles. The highest BCUT2D eigenvalue weighted by Gasteiger charge is 2.60. The molecule has 1 spiro atoms. The Morgan fingerprint density at radius 3 is 1.24 bits per heavy atom. The summed E-state index contributed by atoms with van der Waals surface area (Å²) in [5.74, 6) is -1.97. The largest absolute Gasteiger partial charge is 0.272 e. The number of hydrogen-bond donors (Lipinski definition) is 0. The maximum Gasteiger partial charge on any atom is 0.270 e. The molecule has 0 N–H and O–H groups in total. The summed E-state index contributed by atoms with van der Waals surface area (Å²) in [5, 5.41) is 0. The molecule has 2 amide bonds. The molecule has 0 unspecified atom stereocenters. The zero-order valence-corrected chi connectivity index (χ0v) is 23.9. The second kappa shape index (κ2) is 9.39. The summed E-state index contributed by atoms with van der Waals surface area (Å²) in [6, 6.07) is 25.1. The molecule has 0 radical (unpaired) electrons. The van der Waals surface area contributed by atoms with E-state index in [1.807, 2.05) is 13.8 Å². The normalized spacial score (nSPS) is 16.4. The summed E-state index contributed by atoms with van der Waals surface area (Å²) in [6.45, 7) is 3.63. The summed E-state index contributed by atoms with van der Waals surface area (Å²) in [7, 11) is -8.93. The first-order chi connectivity index (χ1) is 19.5. The summed E-state index contributed by atoms with van der Waals surface area (Å²) >= 11 is 0. The zero-order chi connectivity index (χ0) is 29.2. The van der Waals surface area contributed by atoms with Crippen LogP contribution in [0.2, 0.25) is 0 Å². The SMILES string of the molecule is Cc1ccc(S(=O)(=O)N2C(=O)C3(Cc4ccccc42)Cc2ccccc2N(S(=O)(=O)c2ccc(C)cc2)C3=O)cc1. The predicted molar refractivity (Wildman–Crippen MR) is 154 cm³/mol. The Morgan fingerprint density at radius 2 is 0.878 bits per heavy atom. The third-order valence-corrected chi connectivity index (χ3v) is 11.1. The van der Waals surface area contributed by atoms with Gasteiger partial charge in [0.05, 0.1) is 21.2 Å². The van der Waals surface area contributed by atoms with Gasteiger partial charge in [0, 0.05) is 0 Å². The zero-order valence-electron chi connectivity index (χ0n) is 22.3. The highest BCUT2D eigenvalue weighted by atomic mass is 32.2. The Labute approximate surface area is 239 Å². The number of amides is 2. The average Bonchev–Trinajstić information content (AvgIpc) is 2.94. The number of benzene rings is 4. The maximum absolute atomic E-state index is 14.5. The number of rotatable bonds is 4. The Kier molecular flexibility index (Phi) is 6.16. The highest BCUT2D eigenvalue weighted by Crippen LogP contribution is 2.49. The van der Waals surface area contributed by atoms with Crippen molar-refractivity contribution in [1.82, 2.24) is 0 Å². The Morgan fingerprint density at radius 1 is 0.537 bits per heavy atom. The molecule has 4 aromatic rings. The van der Waals surface area contributed by atoms with Gasteiger partial charge in [0.1, 0.15) is 5.41 Å². The molecule has 208 valence electrons. The fourth-order valence-electron chi connectivity index (χ4n) is 5.54. The third kappa shape index (κ3) is 4.08.